The van der Waals surface area contributed by atoms with E-state index in [0.29, 0.717) is 99.4 Å². The van der Waals surface area contributed by atoms with Crippen LogP contribution in [0, 0.1) is 5.82 Å². The summed E-state index contributed by atoms with van der Waals surface area (Å²) in [4.78, 5) is 24.5. The Balaban J connectivity index is 0.972. The molecule has 0 spiro atoms. The van der Waals surface area contributed by atoms with E-state index in [0.717, 1.165) is 30.2 Å². The molecule has 0 aliphatic heterocycles. The van der Waals surface area contributed by atoms with Crippen LogP contribution in [0.2, 0.25) is 0 Å². The van der Waals surface area contributed by atoms with Crippen LogP contribution in [0.25, 0.3) is 22.3 Å². The van der Waals surface area contributed by atoms with E-state index in [-0.39, 0.29) is 43.1 Å². The fourth-order valence-electron chi connectivity index (χ4n) is 6.02. The van der Waals surface area contributed by atoms with Gasteiger partial charge in [0.15, 0.2) is 5.78 Å². The highest BCUT2D eigenvalue weighted by molar-refractivity contribution is 7.92. The first-order valence-electron chi connectivity index (χ1n) is 18.7. The molecule has 0 bridgehead atoms. The monoisotopic (exact) mass is 798 g/mol. The quantitative estimate of drug-likeness (QED) is 0.0612. The van der Waals surface area contributed by atoms with E-state index in [9.17, 15) is 22.4 Å². The molecule has 0 unspecified atom stereocenters. The summed E-state index contributed by atoms with van der Waals surface area (Å²) < 4.78 is 80.9. The molecular weight excluding hydrogens is 748 g/mol. The van der Waals surface area contributed by atoms with Gasteiger partial charge in [-0.25, -0.2) is 12.8 Å². The minimum Gasteiger partial charge on any atom is -0.455 e. The zero-order valence-corrected chi connectivity index (χ0v) is 33.0. The van der Waals surface area contributed by atoms with Crippen LogP contribution >= 0.6 is 0 Å². The average Bonchev–Trinajstić information content (AvgIpc) is 3.96. The fraction of sp³-hybridized carbons (Fsp3) is 0.463. The number of furan rings is 1. The third kappa shape index (κ3) is 12.6. The van der Waals surface area contributed by atoms with Gasteiger partial charge in [-0.15, -0.1) is 0 Å². The molecule has 1 amide bonds. The first kappa shape index (κ1) is 42.9. The molecule has 13 nitrogen and oxygen atoms in total. The third-order valence-electron chi connectivity index (χ3n) is 8.99. The molecule has 0 atom stereocenters. The fourth-order valence-corrected chi connectivity index (χ4v) is 6.94. The lowest BCUT2D eigenvalue weighted by Gasteiger charge is -2.25. The lowest BCUT2D eigenvalue weighted by atomic mass is 10.0. The third-order valence-corrected chi connectivity index (χ3v) is 10.2. The molecule has 1 N–H and O–H groups in total. The summed E-state index contributed by atoms with van der Waals surface area (Å²) in [6.45, 7) is 6.07. The molecule has 1 fully saturated rings. The van der Waals surface area contributed by atoms with Gasteiger partial charge in [-0.2, -0.15) is 0 Å². The number of hydrogen-bond donors (Lipinski definition) is 1. The Labute approximate surface area is 327 Å². The molecule has 1 aromatic heterocycles. The molecule has 56 heavy (non-hydrogen) atoms. The smallest absolute Gasteiger partial charge is 0.255 e. The van der Waals surface area contributed by atoms with Crippen LogP contribution in [-0.4, -0.2) is 113 Å². The number of benzene rings is 3. The number of hydrogen-bond acceptors (Lipinski definition) is 11. The second-order valence-corrected chi connectivity index (χ2v) is 15.2. The standard InChI is InChI=1S/C41H51FN2O11S/c1-29(45)33-6-4-5-30(25-33)28-54-24-23-53-22-21-52-20-19-51-18-17-50-16-15-49-14-13-44(56(3,47)48)37-27-38-36(26-35(37)31-7-8-31)39(41(46)43-2)40(55-38)32-9-11-34(42)12-10-32/h4-6,9-12,25-27,31H,7-8,13-24,28H2,1-3H3,(H,43,46). The van der Waals surface area contributed by atoms with Gasteiger partial charge in [-0.3, -0.25) is 13.9 Å². The number of nitrogens with one attached hydrogen (secondary N) is 1. The molecule has 1 aliphatic rings. The summed E-state index contributed by atoms with van der Waals surface area (Å²) in [5.41, 5.74) is 4.08. The van der Waals surface area contributed by atoms with E-state index in [2.05, 4.69) is 5.32 Å². The van der Waals surface area contributed by atoms with Crippen LogP contribution in [0.15, 0.2) is 65.1 Å². The van der Waals surface area contributed by atoms with E-state index in [1.165, 1.54) is 42.5 Å². The summed E-state index contributed by atoms with van der Waals surface area (Å²) in [7, 11) is -2.20. The first-order valence-corrected chi connectivity index (χ1v) is 20.5. The number of fused-ring (bicyclic) bond motifs is 1. The minimum atomic E-state index is -3.72. The summed E-state index contributed by atoms with van der Waals surface area (Å²) in [6.07, 6.45) is 2.94. The van der Waals surface area contributed by atoms with Crippen molar-refractivity contribution in [3.05, 3.63) is 88.7 Å². The number of ether oxygens (including phenoxy) is 6. The Morgan fingerprint density at radius 1 is 0.804 bits per heavy atom. The van der Waals surface area contributed by atoms with Gasteiger partial charge in [0.25, 0.3) is 5.91 Å². The molecule has 1 saturated carbocycles. The molecule has 0 saturated heterocycles. The van der Waals surface area contributed by atoms with Gasteiger partial charge in [-0.05, 0) is 73.2 Å². The van der Waals surface area contributed by atoms with Crippen molar-refractivity contribution < 1.29 is 55.2 Å². The van der Waals surface area contributed by atoms with Crippen LogP contribution in [-0.2, 0) is 45.1 Å². The van der Waals surface area contributed by atoms with Crippen LogP contribution < -0.4 is 9.62 Å². The van der Waals surface area contributed by atoms with E-state index in [1.807, 2.05) is 24.3 Å². The number of carbonyl (C=O) groups excluding carboxylic acids is 2. The number of halogens is 1. The maximum Gasteiger partial charge on any atom is 0.255 e. The number of amides is 1. The minimum absolute atomic E-state index is 0.0262. The van der Waals surface area contributed by atoms with Crippen molar-refractivity contribution in [1.82, 2.24) is 5.32 Å². The number of anilines is 1. The van der Waals surface area contributed by atoms with E-state index in [1.54, 1.807) is 12.1 Å². The second-order valence-electron chi connectivity index (χ2n) is 13.3. The Bertz CT molecular complexity index is 2000. The first-order chi connectivity index (χ1) is 27.1. The largest absolute Gasteiger partial charge is 0.455 e. The van der Waals surface area contributed by atoms with Gasteiger partial charge in [-0.1, -0.05) is 18.2 Å². The van der Waals surface area contributed by atoms with Crippen molar-refractivity contribution in [1.29, 1.82) is 0 Å². The van der Waals surface area contributed by atoms with Crippen molar-refractivity contribution >= 4 is 38.4 Å². The topological polar surface area (TPSA) is 152 Å². The van der Waals surface area contributed by atoms with Gasteiger partial charge < -0.3 is 38.2 Å². The van der Waals surface area contributed by atoms with Crippen molar-refractivity contribution in [2.75, 3.05) is 96.8 Å². The van der Waals surface area contributed by atoms with Gasteiger partial charge >= 0.3 is 0 Å². The van der Waals surface area contributed by atoms with Gasteiger partial charge in [0, 0.05) is 29.6 Å². The van der Waals surface area contributed by atoms with Gasteiger partial charge in [0.2, 0.25) is 10.0 Å². The number of rotatable bonds is 26. The molecule has 304 valence electrons. The second kappa shape index (κ2) is 21.3. The summed E-state index contributed by atoms with van der Waals surface area (Å²) in [5.74, 6) is -0.336. The summed E-state index contributed by atoms with van der Waals surface area (Å²) in [5, 5.41) is 3.22. The number of carbonyl (C=O) groups is 2. The maximum atomic E-state index is 13.7. The maximum absolute atomic E-state index is 13.7. The van der Waals surface area contributed by atoms with Crippen molar-refractivity contribution in [3.63, 3.8) is 0 Å². The Hall–Kier alpha value is -4.22. The Morgan fingerprint density at radius 3 is 1.91 bits per heavy atom. The summed E-state index contributed by atoms with van der Waals surface area (Å²) in [6, 6.07) is 16.6. The van der Waals surface area contributed by atoms with Crippen LogP contribution in [0.1, 0.15) is 57.5 Å². The summed E-state index contributed by atoms with van der Waals surface area (Å²) >= 11 is 0. The predicted molar refractivity (Wildman–Crippen MR) is 209 cm³/mol. The SMILES string of the molecule is CNC(=O)c1c(-c2ccc(F)cc2)oc2cc(N(CCOCCOCCOCCOCCOCCOCc3cccc(C(C)=O)c3)S(C)(=O)=O)c(C3CC3)cc12. The highest BCUT2D eigenvalue weighted by Crippen LogP contribution is 2.48. The van der Waals surface area contributed by atoms with Crippen molar-refractivity contribution in [2.45, 2.75) is 32.3 Å². The Kier molecular flexibility index (Phi) is 16.4. The van der Waals surface area contributed by atoms with Crippen molar-refractivity contribution in [3.8, 4) is 11.3 Å². The van der Waals surface area contributed by atoms with E-state index in [4.69, 9.17) is 32.8 Å². The van der Waals surface area contributed by atoms with Crippen LogP contribution in [0.5, 0.6) is 0 Å². The van der Waals surface area contributed by atoms with Crippen LogP contribution in [0.3, 0.4) is 0 Å². The number of sulfonamides is 1. The molecule has 1 aliphatic carbocycles. The Morgan fingerprint density at radius 2 is 1.38 bits per heavy atom. The number of nitrogens with zero attached hydrogens (tertiary/aromatic N) is 1. The molecule has 4 aromatic rings. The average molecular weight is 799 g/mol. The van der Waals surface area contributed by atoms with Gasteiger partial charge in [0.05, 0.1) is 103 Å². The van der Waals surface area contributed by atoms with Gasteiger partial charge in [0.1, 0.15) is 17.2 Å². The molecule has 0 radical (unpaired) electrons. The molecular formula is C41H51FN2O11S. The molecule has 3 aromatic carbocycles. The van der Waals surface area contributed by atoms with Crippen LogP contribution in [0.4, 0.5) is 10.1 Å². The lowest BCUT2D eigenvalue weighted by Crippen LogP contribution is -2.34. The zero-order valence-electron chi connectivity index (χ0n) is 32.2. The predicted octanol–water partition coefficient (Wildman–Crippen LogP) is 5.74. The molecule has 1 heterocycles. The van der Waals surface area contributed by atoms with Crippen molar-refractivity contribution in [2.24, 2.45) is 0 Å². The highest BCUT2D eigenvalue weighted by atomic mass is 32.2. The zero-order chi connectivity index (χ0) is 39.9. The highest BCUT2D eigenvalue weighted by Gasteiger charge is 2.33. The normalized spacial score (nSPS) is 13.0. The van der Waals surface area contributed by atoms with E-state index < -0.39 is 15.8 Å². The lowest BCUT2D eigenvalue weighted by molar-refractivity contribution is -0.0173. The molecule has 5 rings (SSSR count). The number of ketones is 1. The van der Waals surface area contributed by atoms with E-state index >= 15 is 0 Å². The molecule has 15 heteroatoms. The number of Topliss-reactive ketones (excluding diaryl/α,β-unsaturated/α-hetero) is 1.